The number of amides is 1. The molecule has 1 aliphatic carbocycles. The minimum absolute atomic E-state index is 0.0270. The summed E-state index contributed by atoms with van der Waals surface area (Å²) in [6.45, 7) is 7.69. The van der Waals surface area contributed by atoms with E-state index in [1.165, 1.54) is 5.56 Å². The van der Waals surface area contributed by atoms with E-state index in [0.717, 1.165) is 16.7 Å². The van der Waals surface area contributed by atoms with Gasteiger partial charge in [0.05, 0.1) is 11.3 Å². The molecule has 0 spiro atoms. The van der Waals surface area contributed by atoms with E-state index in [0.29, 0.717) is 19.3 Å². The minimum atomic E-state index is -0.156. The molecule has 0 heterocycles. The molecule has 2 rings (SSSR count). The number of ketones is 1. The van der Waals surface area contributed by atoms with E-state index in [4.69, 9.17) is 0 Å². The van der Waals surface area contributed by atoms with Gasteiger partial charge in [0.15, 0.2) is 5.78 Å². The lowest BCUT2D eigenvalue weighted by Gasteiger charge is -2.26. The van der Waals surface area contributed by atoms with Gasteiger partial charge in [0, 0.05) is 12.8 Å². The third kappa shape index (κ3) is 3.01. The predicted octanol–water partition coefficient (Wildman–Crippen LogP) is 3.49. The summed E-state index contributed by atoms with van der Waals surface area (Å²) in [6, 6.07) is 4.20. The molecule has 0 fully saturated rings. The molecule has 0 saturated heterocycles. The van der Waals surface area contributed by atoms with E-state index in [1.807, 2.05) is 20.8 Å². The van der Waals surface area contributed by atoms with Crippen LogP contribution in [0.15, 0.2) is 28.5 Å². The van der Waals surface area contributed by atoms with Crippen molar-refractivity contribution in [1.82, 2.24) is 0 Å². The standard InChI is InChI=1S/C18H21NO3/c1-10-5-11(2)17(12(3)6-10)14-7-15(21)18(16(22)8-14)13(4)19-9-20/h5-6,9,14,21H,7-8H2,1-4H3. The zero-order valence-corrected chi connectivity index (χ0v) is 13.4. The Morgan fingerprint density at radius 3 is 2.32 bits per heavy atom. The van der Waals surface area contributed by atoms with Gasteiger partial charge in [0.25, 0.3) is 0 Å². The molecule has 0 saturated carbocycles. The Hall–Kier alpha value is -2.23. The van der Waals surface area contributed by atoms with Crippen LogP contribution in [0.5, 0.6) is 0 Å². The fraction of sp³-hybridized carbons (Fsp3) is 0.389. The Labute approximate surface area is 130 Å². The van der Waals surface area contributed by atoms with E-state index in [2.05, 4.69) is 17.1 Å². The Morgan fingerprint density at radius 1 is 1.23 bits per heavy atom. The fourth-order valence-corrected chi connectivity index (χ4v) is 3.49. The number of aliphatic hydroxyl groups excluding tert-OH is 1. The highest BCUT2D eigenvalue weighted by atomic mass is 16.3. The third-order valence-electron chi connectivity index (χ3n) is 4.19. The van der Waals surface area contributed by atoms with Gasteiger partial charge in [-0.2, -0.15) is 0 Å². The second-order valence-electron chi connectivity index (χ2n) is 5.98. The average Bonchev–Trinajstić information content (AvgIpc) is 2.36. The second kappa shape index (κ2) is 6.26. The Bertz CT molecular complexity index is 675. The van der Waals surface area contributed by atoms with Crippen molar-refractivity contribution in [2.75, 3.05) is 0 Å². The fourth-order valence-electron chi connectivity index (χ4n) is 3.49. The van der Waals surface area contributed by atoms with Gasteiger partial charge in [-0.15, -0.1) is 0 Å². The van der Waals surface area contributed by atoms with Crippen LogP contribution >= 0.6 is 0 Å². The van der Waals surface area contributed by atoms with E-state index < -0.39 is 0 Å². The van der Waals surface area contributed by atoms with Gasteiger partial charge in [0.1, 0.15) is 5.76 Å². The predicted molar refractivity (Wildman–Crippen MR) is 86.5 cm³/mol. The Kier molecular flexibility index (Phi) is 4.59. The molecular formula is C18H21NO3. The molecule has 1 atom stereocenters. The summed E-state index contributed by atoms with van der Waals surface area (Å²) in [7, 11) is 0. The number of nitrogens with zero attached hydrogens (tertiary/aromatic N) is 1. The molecule has 0 bridgehead atoms. The maximum absolute atomic E-state index is 12.4. The Morgan fingerprint density at radius 2 is 1.82 bits per heavy atom. The van der Waals surface area contributed by atoms with Gasteiger partial charge in [-0.05, 0) is 50.3 Å². The molecule has 1 N–H and O–H groups in total. The van der Waals surface area contributed by atoms with Crippen LogP contribution < -0.4 is 0 Å². The highest BCUT2D eigenvalue weighted by Gasteiger charge is 2.31. The first-order valence-electron chi connectivity index (χ1n) is 7.36. The van der Waals surface area contributed by atoms with Gasteiger partial charge in [-0.25, -0.2) is 4.99 Å². The third-order valence-corrected chi connectivity index (χ3v) is 4.19. The smallest absolute Gasteiger partial charge is 0.233 e. The van der Waals surface area contributed by atoms with E-state index in [1.54, 1.807) is 6.92 Å². The maximum Gasteiger partial charge on any atom is 0.233 e. The summed E-state index contributed by atoms with van der Waals surface area (Å²) >= 11 is 0. The largest absolute Gasteiger partial charge is 0.511 e. The zero-order valence-electron chi connectivity index (χ0n) is 13.4. The summed E-state index contributed by atoms with van der Waals surface area (Å²) in [6.07, 6.45) is 1.12. The van der Waals surface area contributed by atoms with Gasteiger partial charge >= 0.3 is 0 Å². The van der Waals surface area contributed by atoms with Gasteiger partial charge in [0.2, 0.25) is 6.41 Å². The highest BCUT2D eigenvalue weighted by molar-refractivity contribution is 6.23. The molecule has 116 valence electrons. The van der Waals surface area contributed by atoms with Crippen LogP contribution in [-0.2, 0) is 9.59 Å². The van der Waals surface area contributed by atoms with Crippen LogP contribution in [-0.4, -0.2) is 23.0 Å². The first kappa shape index (κ1) is 16.1. The first-order chi connectivity index (χ1) is 10.3. The van der Waals surface area contributed by atoms with Crippen molar-refractivity contribution in [3.8, 4) is 0 Å². The van der Waals surface area contributed by atoms with Crippen molar-refractivity contribution in [1.29, 1.82) is 0 Å². The number of aryl methyl sites for hydroxylation is 3. The molecule has 0 aliphatic heterocycles. The summed E-state index contributed by atoms with van der Waals surface area (Å²) in [5, 5.41) is 10.3. The summed E-state index contributed by atoms with van der Waals surface area (Å²) < 4.78 is 0. The van der Waals surface area contributed by atoms with Crippen molar-refractivity contribution in [3.63, 3.8) is 0 Å². The molecule has 1 unspecified atom stereocenters. The van der Waals surface area contributed by atoms with Crippen LogP contribution in [0.25, 0.3) is 0 Å². The lowest BCUT2D eigenvalue weighted by atomic mass is 9.78. The summed E-state index contributed by atoms with van der Waals surface area (Å²) in [5.74, 6) is -0.152. The van der Waals surface area contributed by atoms with Crippen molar-refractivity contribution in [3.05, 3.63) is 45.7 Å². The number of aliphatic imine (C=N–C) groups is 1. The van der Waals surface area contributed by atoms with Crippen LogP contribution in [0, 0.1) is 20.8 Å². The molecule has 0 aromatic heterocycles. The normalized spacial score (nSPS) is 19.5. The van der Waals surface area contributed by atoms with Crippen LogP contribution in [0.1, 0.15) is 47.9 Å². The number of hydrogen-bond acceptors (Lipinski definition) is 3. The molecule has 0 radical (unpaired) electrons. The lowest BCUT2D eigenvalue weighted by molar-refractivity contribution is -0.116. The monoisotopic (exact) mass is 299 g/mol. The van der Waals surface area contributed by atoms with Crippen LogP contribution in [0.4, 0.5) is 0 Å². The molecule has 22 heavy (non-hydrogen) atoms. The second-order valence-corrected chi connectivity index (χ2v) is 5.98. The lowest BCUT2D eigenvalue weighted by Crippen LogP contribution is -2.23. The minimum Gasteiger partial charge on any atom is -0.511 e. The first-order valence-corrected chi connectivity index (χ1v) is 7.36. The van der Waals surface area contributed by atoms with Crippen molar-refractivity contribution in [2.45, 2.75) is 46.5 Å². The van der Waals surface area contributed by atoms with Gasteiger partial charge < -0.3 is 5.11 Å². The number of Topliss-reactive ketones (excluding diaryl/α,β-unsaturated/α-hetero) is 1. The number of allylic oxidation sites excluding steroid dienone is 2. The summed E-state index contributed by atoms with van der Waals surface area (Å²) in [4.78, 5) is 26.4. The molecule has 4 heteroatoms. The molecular weight excluding hydrogens is 278 g/mol. The van der Waals surface area contributed by atoms with E-state index in [9.17, 15) is 14.7 Å². The summed E-state index contributed by atoms with van der Waals surface area (Å²) in [5.41, 5.74) is 5.10. The number of benzene rings is 1. The highest BCUT2D eigenvalue weighted by Crippen LogP contribution is 2.37. The van der Waals surface area contributed by atoms with E-state index in [-0.39, 0.29) is 28.7 Å². The Balaban J connectivity index is 2.43. The topological polar surface area (TPSA) is 66.7 Å². The number of rotatable bonds is 3. The molecule has 1 aliphatic rings. The number of carbonyl (C=O) groups is 2. The number of aliphatic hydroxyl groups is 1. The zero-order chi connectivity index (χ0) is 16.4. The molecule has 1 aromatic rings. The van der Waals surface area contributed by atoms with Crippen molar-refractivity contribution >= 4 is 17.9 Å². The van der Waals surface area contributed by atoms with Gasteiger partial charge in [-0.1, -0.05) is 17.7 Å². The number of carbonyl (C=O) groups excluding carboxylic acids is 2. The average molecular weight is 299 g/mol. The quantitative estimate of drug-likeness (QED) is 0.686. The van der Waals surface area contributed by atoms with Gasteiger partial charge in [-0.3, -0.25) is 9.59 Å². The van der Waals surface area contributed by atoms with Crippen LogP contribution in [0.2, 0.25) is 0 Å². The van der Waals surface area contributed by atoms with Crippen LogP contribution in [0.3, 0.4) is 0 Å². The molecule has 1 aromatic carbocycles. The van der Waals surface area contributed by atoms with Crippen molar-refractivity contribution < 1.29 is 14.7 Å². The molecule has 1 amide bonds. The maximum atomic E-state index is 12.4. The number of hydrogen-bond donors (Lipinski definition) is 1. The van der Waals surface area contributed by atoms with E-state index >= 15 is 0 Å². The SMILES string of the molecule is CC(=NC=O)C1=C(O)CC(c2c(C)cc(C)cc2C)CC1=O. The molecule has 4 nitrogen and oxygen atoms in total. The van der Waals surface area contributed by atoms with Crippen molar-refractivity contribution in [2.24, 2.45) is 4.99 Å².